The van der Waals surface area contributed by atoms with Crippen LogP contribution >= 0.6 is 0 Å². The van der Waals surface area contributed by atoms with Crippen LogP contribution in [0.1, 0.15) is 19.8 Å². The van der Waals surface area contributed by atoms with E-state index in [1.54, 1.807) is 4.90 Å². The van der Waals surface area contributed by atoms with E-state index in [4.69, 9.17) is 5.73 Å². The van der Waals surface area contributed by atoms with Crippen LogP contribution in [0.3, 0.4) is 0 Å². The zero-order valence-corrected chi connectivity index (χ0v) is 7.42. The highest BCUT2D eigenvalue weighted by atomic mass is 16.2. The summed E-state index contributed by atoms with van der Waals surface area (Å²) in [4.78, 5) is 17.3. The Hall–Kier alpha value is -0.900. The lowest BCUT2D eigenvalue weighted by Crippen LogP contribution is -2.34. The van der Waals surface area contributed by atoms with E-state index in [-0.39, 0.29) is 5.91 Å². The van der Waals surface area contributed by atoms with Gasteiger partial charge >= 0.3 is 0 Å². The molecular formula is C8H15N3O. The highest BCUT2D eigenvalue weighted by molar-refractivity contribution is 5.99. The topological polar surface area (TPSA) is 58.7 Å². The van der Waals surface area contributed by atoms with Crippen molar-refractivity contribution in [1.82, 2.24) is 4.90 Å². The minimum Gasteiger partial charge on any atom is -0.330 e. The van der Waals surface area contributed by atoms with E-state index >= 15 is 0 Å². The molecule has 0 unspecified atom stereocenters. The molecule has 1 amide bonds. The molecule has 0 fully saturated rings. The number of aliphatic imine (C=N–C) groups is 1. The van der Waals surface area contributed by atoms with Gasteiger partial charge in [-0.05, 0) is 6.54 Å². The lowest BCUT2D eigenvalue weighted by molar-refractivity contribution is -0.126. The van der Waals surface area contributed by atoms with Crippen LogP contribution < -0.4 is 5.73 Å². The van der Waals surface area contributed by atoms with E-state index in [2.05, 4.69) is 4.99 Å². The molecule has 0 spiro atoms. The quantitative estimate of drug-likeness (QED) is 0.645. The summed E-state index contributed by atoms with van der Waals surface area (Å²) in [5.41, 5.74) is 5.39. The highest BCUT2D eigenvalue weighted by Gasteiger charge is 2.20. The molecule has 0 atom stereocenters. The smallest absolute Gasteiger partial charge is 0.227 e. The molecule has 1 aliphatic rings. The molecule has 1 rings (SSSR count). The molecule has 4 nitrogen and oxygen atoms in total. The summed E-state index contributed by atoms with van der Waals surface area (Å²) in [6, 6.07) is 0. The first-order chi connectivity index (χ1) is 5.79. The summed E-state index contributed by atoms with van der Waals surface area (Å²) in [6.45, 7) is 3.90. The SMILES string of the molecule is CCC(=O)N1CCN=C1CCN. The van der Waals surface area contributed by atoms with Gasteiger partial charge in [0.05, 0.1) is 6.54 Å². The summed E-state index contributed by atoms with van der Waals surface area (Å²) < 4.78 is 0. The lowest BCUT2D eigenvalue weighted by Gasteiger charge is -2.16. The van der Waals surface area contributed by atoms with Crippen LogP contribution in [0.25, 0.3) is 0 Å². The predicted octanol–water partition coefficient (Wildman–Crippen LogP) is -0.0141. The Morgan fingerprint density at radius 3 is 3.08 bits per heavy atom. The lowest BCUT2D eigenvalue weighted by atomic mass is 10.3. The molecule has 12 heavy (non-hydrogen) atoms. The van der Waals surface area contributed by atoms with Crippen molar-refractivity contribution in [2.75, 3.05) is 19.6 Å². The molecule has 1 aliphatic heterocycles. The fourth-order valence-electron chi connectivity index (χ4n) is 1.30. The van der Waals surface area contributed by atoms with Crippen molar-refractivity contribution < 1.29 is 4.79 Å². The molecule has 0 aromatic heterocycles. The third kappa shape index (κ3) is 1.82. The van der Waals surface area contributed by atoms with Crippen LogP contribution in [0.15, 0.2) is 4.99 Å². The van der Waals surface area contributed by atoms with Gasteiger partial charge in [-0.2, -0.15) is 0 Å². The third-order valence-corrected chi connectivity index (χ3v) is 1.90. The molecule has 0 aliphatic carbocycles. The second-order valence-corrected chi connectivity index (χ2v) is 2.74. The zero-order valence-electron chi connectivity index (χ0n) is 7.42. The second kappa shape index (κ2) is 4.21. The maximum Gasteiger partial charge on any atom is 0.227 e. The van der Waals surface area contributed by atoms with E-state index in [0.717, 1.165) is 18.9 Å². The third-order valence-electron chi connectivity index (χ3n) is 1.90. The number of nitrogens with two attached hydrogens (primary N) is 1. The normalized spacial score (nSPS) is 16.5. The van der Waals surface area contributed by atoms with Crippen molar-refractivity contribution in [2.24, 2.45) is 10.7 Å². The molecule has 68 valence electrons. The summed E-state index contributed by atoms with van der Waals surface area (Å²) >= 11 is 0. The first kappa shape index (κ1) is 9.19. The van der Waals surface area contributed by atoms with Gasteiger partial charge in [0.15, 0.2) is 0 Å². The Morgan fingerprint density at radius 1 is 1.75 bits per heavy atom. The second-order valence-electron chi connectivity index (χ2n) is 2.74. The molecule has 2 N–H and O–H groups in total. The molecule has 0 saturated heterocycles. The van der Waals surface area contributed by atoms with E-state index in [0.29, 0.717) is 19.4 Å². The highest BCUT2D eigenvalue weighted by Crippen LogP contribution is 2.06. The number of carbonyl (C=O) groups is 1. The van der Waals surface area contributed by atoms with Crippen LogP contribution in [0.4, 0.5) is 0 Å². The van der Waals surface area contributed by atoms with Crippen molar-refractivity contribution in [3.8, 4) is 0 Å². The first-order valence-corrected chi connectivity index (χ1v) is 4.33. The molecular weight excluding hydrogens is 154 g/mol. The van der Waals surface area contributed by atoms with Crippen molar-refractivity contribution in [3.05, 3.63) is 0 Å². The van der Waals surface area contributed by atoms with Gasteiger partial charge in [-0.3, -0.25) is 14.7 Å². The van der Waals surface area contributed by atoms with Crippen LogP contribution in [0.2, 0.25) is 0 Å². The Morgan fingerprint density at radius 2 is 2.50 bits per heavy atom. The van der Waals surface area contributed by atoms with Crippen molar-refractivity contribution >= 4 is 11.7 Å². The summed E-state index contributed by atoms with van der Waals surface area (Å²) in [6.07, 6.45) is 1.26. The minimum atomic E-state index is 0.153. The Balaban J connectivity index is 2.55. The summed E-state index contributed by atoms with van der Waals surface area (Å²) in [5, 5.41) is 0. The number of amidine groups is 1. The number of amides is 1. The first-order valence-electron chi connectivity index (χ1n) is 4.33. The number of carbonyl (C=O) groups excluding carboxylic acids is 1. The fourth-order valence-corrected chi connectivity index (χ4v) is 1.30. The van der Waals surface area contributed by atoms with Crippen LogP contribution in [0.5, 0.6) is 0 Å². The van der Waals surface area contributed by atoms with Crippen LogP contribution in [-0.4, -0.2) is 36.3 Å². The molecule has 0 bridgehead atoms. The van der Waals surface area contributed by atoms with Gasteiger partial charge in [0, 0.05) is 19.4 Å². The Bertz CT molecular complexity index is 200. The van der Waals surface area contributed by atoms with Gasteiger partial charge in [-0.25, -0.2) is 0 Å². The monoisotopic (exact) mass is 169 g/mol. The summed E-state index contributed by atoms with van der Waals surface area (Å²) in [7, 11) is 0. The Labute approximate surface area is 72.4 Å². The van der Waals surface area contributed by atoms with Crippen molar-refractivity contribution in [1.29, 1.82) is 0 Å². The van der Waals surface area contributed by atoms with Gasteiger partial charge in [0.2, 0.25) is 5.91 Å². The van der Waals surface area contributed by atoms with Gasteiger partial charge in [-0.15, -0.1) is 0 Å². The average Bonchev–Trinajstić information content (AvgIpc) is 2.52. The van der Waals surface area contributed by atoms with E-state index < -0.39 is 0 Å². The van der Waals surface area contributed by atoms with Gasteiger partial charge in [0.1, 0.15) is 5.84 Å². The number of nitrogens with zero attached hydrogens (tertiary/aromatic N) is 2. The van der Waals surface area contributed by atoms with Gasteiger partial charge in [0.25, 0.3) is 0 Å². The molecule has 4 heteroatoms. The van der Waals surface area contributed by atoms with Crippen molar-refractivity contribution in [2.45, 2.75) is 19.8 Å². The van der Waals surface area contributed by atoms with Crippen LogP contribution in [-0.2, 0) is 4.79 Å². The maximum atomic E-state index is 11.3. The summed E-state index contributed by atoms with van der Waals surface area (Å²) in [5.74, 6) is 1.02. The Kier molecular flexibility index (Phi) is 3.22. The molecule has 0 aromatic carbocycles. The molecule has 0 radical (unpaired) electrons. The molecule has 0 saturated carbocycles. The van der Waals surface area contributed by atoms with Crippen molar-refractivity contribution in [3.63, 3.8) is 0 Å². The standard InChI is InChI=1S/C8H15N3O/c1-2-8(12)11-6-5-10-7(11)3-4-9/h2-6,9H2,1H3. The average molecular weight is 169 g/mol. The van der Waals surface area contributed by atoms with E-state index in [1.165, 1.54) is 0 Å². The number of rotatable bonds is 3. The number of hydrogen-bond acceptors (Lipinski definition) is 3. The maximum absolute atomic E-state index is 11.3. The van der Waals surface area contributed by atoms with E-state index in [9.17, 15) is 4.79 Å². The van der Waals surface area contributed by atoms with Gasteiger partial charge < -0.3 is 5.73 Å². The molecule has 1 heterocycles. The predicted molar refractivity (Wildman–Crippen MR) is 48.0 cm³/mol. The van der Waals surface area contributed by atoms with E-state index in [1.807, 2.05) is 6.92 Å². The largest absolute Gasteiger partial charge is 0.330 e. The van der Waals surface area contributed by atoms with Crippen LogP contribution in [0, 0.1) is 0 Å². The fraction of sp³-hybridized carbons (Fsp3) is 0.750. The minimum absolute atomic E-state index is 0.153. The van der Waals surface area contributed by atoms with Gasteiger partial charge in [-0.1, -0.05) is 6.92 Å². The molecule has 0 aromatic rings. The zero-order chi connectivity index (χ0) is 8.97. The number of hydrogen-bond donors (Lipinski definition) is 1.